The van der Waals surface area contributed by atoms with E-state index in [1.165, 1.54) is 0 Å². The Balaban J connectivity index is 1.24. The summed E-state index contributed by atoms with van der Waals surface area (Å²) in [5.41, 5.74) is 4.97. The zero-order valence-corrected chi connectivity index (χ0v) is 25.2. The number of benzene rings is 3. The van der Waals surface area contributed by atoms with E-state index in [2.05, 4.69) is 10.4 Å². The third kappa shape index (κ3) is 7.39. The second-order valence-electron chi connectivity index (χ2n) is 10.1. The predicted octanol–water partition coefficient (Wildman–Crippen LogP) is 5.67. The molecule has 0 saturated carbocycles. The highest BCUT2D eigenvalue weighted by Crippen LogP contribution is 2.42. The molecule has 1 aliphatic rings. The number of hydrogen-bond donors (Lipinski definition) is 2. The smallest absolute Gasteiger partial charge is 0.322 e. The molecule has 0 unspecified atom stereocenters. The van der Waals surface area contributed by atoms with Gasteiger partial charge in [0, 0.05) is 57.1 Å². The minimum atomic E-state index is -1.10. The van der Waals surface area contributed by atoms with E-state index in [4.69, 9.17) is 21.4 Å². The number of carboxylic acids is 1. The summed E-state index contributed by atoms with van der Waals surface area (Å²) in [7, 11) is 0. The van der Waals surface area contributed by atoms with Gasteiger partial charge in [0.25, 0.3) is 5.91 Å². The Morgan fingerprint density at radius 2 is 1.93 bits per heavy atom. The van der Waals surface area contributed by atoms with E-state index < -0.39 is 18.4 Å². The first-order chi connectivity index (χ1) is 20.8. The van der Waals surface area contributed by atoms with Gasteiger partial charge in [-0.1, -0.05) is 41.9 Å². The fraction of sp³-hybridized carbons (Fsp3) is 0.250. The Morgan fingerprint density at radius 1 is 1.12 bits per heavy atom. The van der Waals surface area contributed by atoms with Gasteiger partial charge in [-0.05, 0) is 49.2 Å². The summed E-state index contributed by atoms with van der Waals surface area (Å²) < 4.78 is 7.67. The highest BCUT2D eigenvalue weighted by atomic mass is 35.5. The molecule has 0 saturated heterocycles. The van der Waals surface area contributed by atoms with Crippen LogP contribution in [0, 0.1) is 6.92 Å². The lowest BCUT2D eigenvalue weighted by molar-refractivity contribution is -0.135. The van der Waals surface area contributed by atoms with Gasteiger partial charge in [-0.3, -0.25) is 19.1 Å². The van der Waals surface area contributed by atoms with Gasteiger partial charge in [0.2, 0.25) is 5.91 Å². The number of carboxylic acid groups (broad SMARTS) is 1. The molecule has 0 atom stereocenters. The molecule has 43 heavy (non-hydrogen) atoms. The number of rotatable bonds is 11. The number of nitrogens with zero attached hydrogens (tertiary/aromatic N) is 3. The van der Waals surface area contributed by atoms with Crippen LogP contribution >= 0.6 is 23.4 Å². The number of halogens is 1. The molecule has 0 bridgehead atoms. The van der Waals surface area contributed by atoms with Gasteiger partial charge in [-0.25, -0.2) is 0 Å². The standard InChI is InChI=1S/C32H31ClN4O5S/c1-21-26(33)9-4-11-28(21)42-14-5-12-29(38)37-13-15-43-31-25(8-3-10-27(31)37)24-17-35-36(20-24)19-22-6-2-7-23(16-22)32(41)34-18-30(39)40/h2-4,6-11,16-17,20H,5,12-15,18-19H2,1H3,(H,34,41)(H,39,40). The number of nitrogens with one attached hydrogen (secondary N) is 1. The molecule has 1 aromatic heterocycles. The minimum absolute atomic E-state index is 0.0630. The molecular formula is C32H31ClN4O5S. The number of carbonyl (C=O) groups is 3. The topological polar surface area (TPSA) is 114 Å². The highest BCUT2D eigenvalue weighted by molar-refractivity contribution is 7.99. The van der Waals surface area contributed by atoms with Crippen LogP contribution in [0.3, 0.4) is 0 Å². The van der Waals surface area contributed by atoms with Crippen molar-refractivity contribution in [2.75, 3.05) is 30.3 Å². The second-order valence-corrected chi connectivity index (χ2v) is 11.6. The summed E-state index contributed by atoms with van der Waals surface area (Å²) in [5, 5.41) is 16.4. The van der Waals surface area contributed by atoms with Gasteiger partial charge in [0.05, 0.1) is 25.0 Å². The van der Waals surface area contributed by atoms with E-state index in [1.54, 1.807) is 40.8 Å². The molecule has 0 spiro atoms. The molecule has 2 heterocycles. The van der Waals surface area contributed by atoms with Crippen LogP contribution in [0.25, 0.3) is 11.1 Å². The van der Waals surface area contributed by atoms with Crippen molar-refractivity contribution < 1.29 is 24.2 Å². The molecule has 0 fully saturated rings. The normalized spacial score (nSPS) is 12.5. The zero-order chi connectivity index (χ0) is 30.3. The molecule has 5 rings (SSSR count). The summed E-state index contributed by atoms with van der Waals surface area (Å²) in [4.78, 5) is 39.2. The first-order valence-electron chi connectivity index (χ1n) is 13.9. The maximum absolute atomic E-state index is 13.3. The van der Waals surface area contributed by atoms with Crippen molar-refractivity contribution in [3.63, 3.8) is 0 Å². The predicted molar refractivity (Wildman–Crippen MR) is 167 cm³/mol. The van der Waals surface area contributed by atoms with Crippen LogP contribution in [-0.2, 0) is 16.1 Å². The van der Waals surface area contributed by atoms with Crippen molar-refractivity contribution in [3.8, 4) is 16.9 Å². The molecule has 2 N–H and O–H groups in total. The van der Waals surface area contributed by atoms with E-state index >= 15 is 0 Å². The van der Waals surface area contributed by atoms with Crippen LogP contribution in [0.5, 0.6) is 5.75 Å². The summed E-state index contributed by atoms with van der Waals surface area (Å²) >= 11 is 7.91. The highest BCUT2D eigenvalue weighted by Gasteiger charge is 2.25. The molecule has 2 amide bonds. The Bertz CT molecular complexity index is 1660. The molecule has 4 aromatic rings. The SMILES string of the molecule is Cc1c(Cl)cccc1OCCCC(=O)N1CCSc2c(-c3cnn(Cc4cccc(C(=O)NCC(=O)O)c4)c3)cccc21. The molecule has 3 aromatic carbocycles. The first-order valence-corrected chi connectivity index (χ1v) is 15.2. The number of thioether (sulfide) groups is 1. The van der Waals surface area contributed by atoms with Crippen molar-refractivity contribution in [1.29, 1.82) is 0 Å². The van der Waals surface area contributed by atoms with E-state index in [0.29, 0.717) is 43.1 Å². The van der Waals surface area contributed by atoms with Crippen molar-refractivity contribution in [2.24, 2.45) is 0 Å². The fourth-order valence-corrected chi connectivity index (χ4v) is 6.18. The zero-order valence-electron chi connectivity index (χ0n) is 23.6. The summed E-state index contributed by atoms with van der Waals surface area (Å²) in [5.74, 6) is 0.0451. The van der Waals surface area contributed by atoms with Gasteiger partial charge in [0.1, 0.15) is 12.3 Å². The number of aromatic nitrogens is 2. The monoisotopic (exact) mass is 618 g/mol. The van der Waals surface area contributed by atoms with E-state index in [1.807, 2.05) is 60.5 Å². The molecule has 11 heteroatoms. The first kappa shape index (κ1) is 30.2. The van der Waals surface area contributed by atoms with Gasteiger partial charge in [0.15, 0.2) is 0 Å². The van der Waals surface area contributed by atoms with Gasteiger partial charge in [-0.2, -0.15) is 5.10 Å². The second kappa shape index (κ2) is 13.8. The number of hydrogen-bond acceptors (Lipinski definition) is 6. The van der Waals surface area contributed by atoms with E-state index in [9.17, 15) is 14.4 Å². The molecule has 1 aliphatic heterocycles. The fourth-order valence-electron chi connectivity index (χ4n) is 4.86. The van der Waals surface area contributed by atoms with Crippen LogP contribution in [0.2, 0.25) is 5.02 Å². The van der Waals surface area contributed by atoms with Gasteiger partial charge in [-0.15, -0.1) is 11.8 Å². The number of carbonyl (C=O) groups excluding carboxylic acids is 2. The van der Waals surface area contributed by atoms with Gasteiger partial charge >= 0.3 is 5.97 Å². The third-order valence-corrected chi connectivity index (χ3v) is 8.55. The summed E-state index contributed by atoms with van der Waals surface area (Å²) in [6, 6.07) is 18.6. The Kier molecular flexibility index (Phi) is 9.68. The van der Waals surface area contributed by atoms with Crippen molar-refractivity contribution in [2.45, 2.75) is 31.2 Å². The number of anilines is 1. The van der Waals surface area contributed by atoms with Crippen molar-refractivity contribution >= 4 is 46.8 Å². The maximum Gasteiger partial charge on any atom is 0.322 e. The lowest BCUT2D eigenvalue weighted by Gasteiger charge is -2.30. The van der Waals surface area contributed by atoms with Crippen LogP contribution in [0.1, 0.15) is 34.3 Å². The molecular weight excluding hydrogens is 588 g/mol. The third-order valence-electron chi connectivity index (χ3n) is 7.04. The minimum Gasteiger partial charge on any atom is -0.493 e. The molecule has 222 valence electrons. The number of fused-ring (bicyclic) bond motifs is 1. The van der Waals surface area contributed by atoms with Crippen LogP contribution in [0.15, 0.2) is 78.0 Å². The lowest BCUT2D eigenvalue weighted by atomic mass is 10.1. The average Bonchev–Trinajstić information content (AvgIpc) is 3.47. The molecule has 9 nitrogen and oxygen atoms in total. The van der Waals surface area contributed by atoms with Gasteiger partial charge < -0.3 is 20.1 Å². The molecule has 0 radical (unpaired) electrons. The Hall–Kier alpha value is -4.28. The average molecular weight is 619 g/mol. The summed E-state index contributed by atoms with van der Waals surface area (Å²) in [6.45, 7) is 2.98. The van der Waals surface area contributed by atoms with Crippen molar-refractivity contribution in [3.05, 3.63) is 94.8 Å². The quantitative estimate of drug-likeness (QED) is 0.208. The Labute approximate surface area is 258 Å². The van der Waals surface area contributed by atoms with Crippen LogP contribution in [0.4, 0.5) is 5.69 Å². The Morgan fingerprint density at radius 3 is 2.77 bits per heavy atom. The summed E-state index contributed by atoms with van der Waals surface area (Å²) in [6.07, 6.45) is 4.72. The van der Waals surface area contributed by atoms with Crippen molar-refractivity contribution in [1.82, 2.24) is 15.1 Å². The van der Waals surface area contributed by atoms with E-state index in [0.717, 1.165) is 44.3 Å². The molecule has 0 aliphatic carbocycles. The number of amides is 2. The lowest BCUT2D eigenvalue weighted by Crippen LogP contribution is -2.35. The van der Waals surface area contributed by atoms with E-state index in [-0.39, 0.29) is 5.91 Å². The number of ether oxygens (including phenoxy) is 1. The van der Waals surface area contributed by atoms with Crippen LogP contribution in [-0.4, -0.2) is 58.1 Å². The largest absolute Gasteiger partial charge is 0.493 e. The van der Waals surface area contributed by atoms with Crippen LogP contribution < -0.4 is 15.0 Å². The number of aliphatic carboxylic acids is 1. The maximum atomic E-state index is 13.3.